The van der Waals surface area contributed by atoms with E-state index in [0.717, 1.165) is 19.6 Å². The first kappa shape index (κ1) is 17.2. The molecule has 17 heavy (non-hydrogen) atoms. The van der Waals surface area contributed by atoms with Crippen LogP contribution in [0.25, 0.3) is 0 Å². The molecule has 0 aromatic rings. The molecular weight excluding hydrogens is 230 g/mol. The molecule has 0 rings (SSSR count). The van der Waals surface area contributed by atoms with E-state index in [-0.39, 0.29) is 0 Å². The molecule has 2 N–H and O–H groups in total. The van der Waals surface area contributed by atoms with Crippen molar-refractivity contribution in [1.29, 1.82) is 0 Å². The van der Waals surface area contributed by atoms with Gasteiger partial charge in [-0.2, -0.15) is 11.8 Å². The Morgan fingerprint density at radius 3 is 2.29 bits per heavy atom. The van der Waals surface area contributed by atoms with Crippen molar-refractivity contribution in [3.8, 4) is 0 Å². The minimum atomic E-state index is 0.536. The Labute approximate surface area is 112 Å². The standard InChI is InChI=1S/C13H31N3S/c1-6-16(12(3)11-15(4)5)13(10-14)8-9-17-7-2/h12-13H,6-11,14H2,1-5H3. The van der Waals surface area contributed by atoms with Crippen molar-refractivity contribution in [2.24, 2.45) is 5.73 Å². The van der Waals surface area contributed by atoms with Gasteiger partial charge in [-0.1, -0.05) is 13.8 Å². The maximum Gasteiger partial charge on any atom is 0.0229 e. The monoisotopic (exact) mass is 261 g/mol. The number of hydrogen-bond donors (Lipinski definition) is 1. The topological polar surface area (TPSA) is 32.5 Å². The lowest BCUT2D eigenvalue weighted by Gasteiger charge is -2.36. The summed E-state index contributed by atoms with van der Waals surface area (Å²) < 4.78 is 0. The number of nitrogens with zero attached hydrogens (tertiary/aromatic N) is 2. The molecule has 0 spiro atoms. The summed E-state index contributed by atoms with van der Waals surface area (Å²) in [5.74, 6) is 2.43. The molecule has 0 aliphatic rings. The molecule has 2 unspecified atom stereocenters. The SMILES string of the molecule is CCSCCC(CN)N(CC)C(C)CN(C)C. The maximum atomic E-state index is 5.94. The number of nitrogens with two attached hydrogens (primary N) is 1. The molecule has 0 aliphatic carbocycles. The van der Waals surface area contributed by atoms with E-state index in [9.17, 15) is 0 Å². The van der Waals surface area contributed by atoms with Gasteiger partial charge < -0.3 is 10.6 Å². The first-order valence-electron chi connectivity index (χ1n) is 6.75. The van der Waals surface area contributed by atoms with Gasteiger partial charge in [-0.15, -0.1) is 0 Å². The first-order valence-corrected chi connectivity index (χ1v) is 7.90. The molecule has 0 aliphatic heterocycles. The van der Waals surface area contributed by atoms with Crippen LogP contribution in [-0.4, -0.2) is 67.1 Å². The van der Waals surface area contributed by atoms with Gasteiger partial charge in [0.25, 0.3) is 0 Å². The molecule has 0 aromatic heterocycles. The highest BCUT2D eigenvalue weighted by atomic mass is 32.2. The minimum absolute atomic E-state index is 0.536. The van der Waals surface area contributed by atoms with Crippen molar-refractivity contribution in [1.82, 2.24) is 9.80 Å². The summed E-state index contributed by atoms with van der Waals surface area (Å²) in [4.78, 5) is 4.80. The predicted octanol–water partition coefficient (Wildman–Crippen LogP) is 1.73. The van der Waals surface area contributed by atoms with Gasteiger partial charge in [-0.3, -0.25) is 4.90 Å². The molecule has 3 nitrogen and oxygen atoms in total. The average molecular weight is 261 g/mol. The quantitative estimate of drug-likeness (QED) is 0.607. The molecule has 0 bridgehead atoms. The predicted molar refractivity (Wildman–Crippen MR) is 80.9 cm³/mol. The van der Waals surface area contributed by atoms with E-state index >= 15 is 0 Å². The van der Waals surface area contributed by atoms with Gasteiger partial charge in [0.1, 0.15) is 0 Å². The van der Waals surface area contributed by atoms with Gasteiger partial charge in [0, 0.05) is 25.2 Å². The largest absolute Gasteiger partial charge is 0.329 e. The fourth-order valence-corrected chi connectivity index (χ4v) is 3.07. The van der Waals surface area contributed by atoms with Crippen LogP contribution in [0.2, 0.25) is 0 Å². The van der Waals surface area contributed by atoms with Gasteiger partial charge in [0.05, 0.1) is 0 Å². The smallest absolute Gasteiger partial charge is 0.0229 e. The van der Waals surface area contributed by atoms with Crippen LogP contribution in [0.1, 0.15) is 27.2 Å². The van der Waals surface area contributed by atoms with Crippen LogP contribution in [0.3, 0.4) is 0 Å². The Kier molecular flexibility index (Phi) is 10.3. The summed E-state index contributed by atoms with van der Waals surface area (Å²) in [6.45, 7) is 9.73. The number of hydrogen-bond acceptors (Lipinski definition) is 4. The highest BCUT2D eigenvalue weighted by molar-refractivity contribution is 7.99. The third-order valence-corrected chi connectivity index (χ3v) is 4.03. The normalized spacial score (nSPS) is 15.5. The van der Waals surface area contributed by atoms with Crippen molar-refractivity contribution in [2.75, 3.05) is 45.2 Å². The summed E-state index contributed by atoms with van der Waals surface area (Å²) in [6.07, 6.45) is 1.21. The van der Waals surface area contributed by atoms with Gasteiger partial charge in [-0.25, -0.2) is 0 Å². The van der Waals surface area contributed by atoms with E-state index in [1.165, 1.54) is 17.9 Å². The third kappa shape index (κ3) is 7.29. The molecule has 0 radical (unpaired) electrons. The van der Waals surface area contributed by atoms with E-state index in [2.05, 4.69) is 44.7 Å². The van der Waals surface area contributed by atoms with E-state index in [1.54, 1.807) is 0 Å². The van der Waals surface area contributed by atoms with Gasteiger partial charge in [0.2, 0.25) is 0 Å². The van der Waals surface area contributed by atoms with Crippen LogP contribution < -0.4 is 5.73 Å². The second-order valence-electron chi connectivity index (χ2n) is 4.82. The van der Waals surface area contributed by atoms with Crippen LogP contribution in [0.15, 0.2) is 0 Å². The molecular formula is C13H31N3S. The lowest BCUT2D eigenvalue weighted by Crippen LogP contribution is -2.49. The Balaban J connectivity index is 4.25. The van der Waals surface area contributed by atoms with Gasteiger partial charge >= 0.3 is 0 Å². The second-order valence-corrected chi connectivity index (χ2v) is 6.21. The maximum absolute atomic E-state index is 5.94. The van der Waals surface area contributed by atoms with Gasteiger partial charge in [-0.05, 0) is 45.5 Å². The van der Waals surface area contributed by atoms with Crippen LogP contribution in [0.5, 0.6) is 0 Å². The van der Waals surface area contributed by atoms with Crippen LogP contribution in [-0.2, 0) is 0 Å². The van der Waals surface area contributed by atoms with E-state index < -0.39 is 0 Å². The first-order chi connectivity index (χ1) is 8.06. The molecule has 0 saturated heterocycles. The van der Waals surface area contributed by atoms with Crippen LogP contribution in [0, 0.1) is 0 Å². The molecule has 104 valence electrons. The summed E-state index contributed by atoms with van der Waals surface area (Å²) >= 11 is 2.01. The zero-order valence-corrected chi connectivity index (χ0v) is 13.1. The van der Waals surface area contributed by atoms with Crippen molar-refractivity contribution < 1.29 is 0 Å². The summed E-state index contributed by atoms with van der Waals surface area (Å²) in [5, 5.41) is 0. The lowest BCUT2D eigenvalue weighted by molar-refractivity contribution is 0.128. The Morgan fingerprint density at radius 2 is 1.88 bits per heavy atom. The number of rotatable bonds is 10. The van der Waals surface area contributed by atoms with Gasteiger partial charge in [0.15, 0.2) is 0 Å². The van der Waals surface area contributed by atoms with E-state index in [0.29, 0.717) is 12.1 Å². The van der Waals surface area contributed by atoms with Crippen LogP contribution in [0.4, 0.5) is 0 Å². The average Bonchev–Trinajstić information content (AvgIpc) is 2.27. The fourth-order valence-electron chi connectivity index (χ4n) is 2.35. The molecule has 2 atom stereocenters. The zero-order chi connectivity index (χ0) is 13.3. The van der Waals surface area contributed by atoms with E-state index in [4.69, 9.17) is 5.73 Å². The van der Waals surface area contributed by atoms with Crippen molar-refractivity contribution >= 4 is 11.8 Å². The summed E-state index contributed by atoms with van der Waals surface area (Å²) in [7, 11) is 4.27. The van der Waals surface area contributed by atoms with Crippen molar-refractivity contribution in [2.45, 2.75) is 39.3 Å². The molecule has 0 fully saturated rings. The zero-order valence-electron chi connectivity index (χ0n) is 12.3. The molecule has 4 heteroatoms. The minimum Gasteiger partial charge on any atom is -0.329 e. The van der Waals surface area contributed by atoms with Crippen LogP contribution >= 0.6 is 11.8 Å². The number of likely N-dealkylation sites (N-methyl/N-ethyl adjacent to an activating group) is 2. The van der Waals surface area contributed by atoms with E-state index in [1.807, 2.05) is 11.8 Å². The molecule has 0 saturated carbocycles. The van der Waals surface area contributed by atoms with Crippen molar-refractivity contribution in [3.63, 3.8) is 0 Å². The fraction of sp³-hybridized carbons (Fsp3) is 1.00. The number of thioether (sulfide) groups is 1. The highest BCUT2D eigenvalue weighted by Gasteiger charge is 2.20. The lowest BCUT2D eigenvalue weighted by atomic mass is 10.1. The van der Waals surface area contributed by atoms with Crippen molar-refractivity contribution in [3.05, 3.63) is 0 Å². The molecule has 0 heterocycles. The second kappa shape index (κ2) is 10.2. The molecule has 0 aromatic carbocycles. The summed E-state index contributed by atoms with van der Waals surface area (Å²) in [6, 6.07) is 1.11. The Hall–Kier alpha value is 0.230. The third-order valence-electron chi connectivity index (χ3n) is 3.10. The Morgan fingerprint density at radius 1 is 1.24 bits per heavy atom. The highest BCUT2D eigenvalue weighted by Crippen LogP contribution is 2.12. The Bertz CT molecular complexity index is 176. The summed E-state index contributed by atoms with van der Waals surface area (Å²) in [5.41, 5.74) is 5.94. The molecule has 0 amide bonds.